The number of para-hydroxylation sites is 2. The number of benzene rings is 2. The molecule has 0 radical (unpaired) electrons. The molecule has 0 unspecified atom stereocenters. The predicted octanol–water partition coefficient (Wildman–Crippen LogP) is 4.97. The SMILES string of the molecule is c1ccc(NCc2ccc(CNc3ccccc3)s2)cc1. The smallest absolute Gasteiger partial charge is 0.0494 e. The van der Waals surface area contributed by atoms with Gasteiger partial charge in [0.05, 0.1) is 0 Å². The third kappa shape index (κ3) is 4.10. The number of rotatable bonds is 6. The Morgan fingerprint density at radius 2 is 1.00 bits per heavy atom. The number of hydrogen-bond donors (Lipinski definition) is 2. The van der Waals surface area contributed by atoms with Crippen LogP contribution in [0.5, 0.6) is 0 Å². The van der Waals surface area contributed by atoms with Gasteiger partial charge in [-0.25, -0.2) is 0 Å². The molecule has 0 amide bonds. The molecular weight excluding hydrogens is 276 g/mol. The van der Waals surface area contributed by atoms with Crippen LogP contribution in [0.1, 0.15) is 9.75 Å². The molecule has 3 rings (SSSR count). The van der Waals surface area contributed by atoms with E-state index in [0.717, 1.165) is 24.5 Å². The van der Waals surface area contributed by atoms with Crippen LogP contribution in [0.25, 0.3) is 0 Å². The van der Waals surface area contributed by atoms with Crippen molar-refractivity contribution in [2.75, 3.05) is 10.6 Å². The van der Waals surface area contributed by atoms with E-state index in [0.29, 0.717) is 0 Å². The number of hydrogen-bond acceptors (Lipinski definition) is 3. The molecule has 0 aliphatic heterocycles. The molecule has 0 saturated heterocycles. The Balaban J connectivity index is 1.52. The lowest BCUT2D eigenvalue weighted by Crippen LogP contribution is -1.97. The van der Waals surface area contributed by atoms with Gasteiger partial charge in [-0.15, -0.1) is 11.3 Å². The molecule has 2 aromatic carbocycles. The summed E-state index contributed by atoms with van der Waals surface area (Å²) in [7, 11) is 0. The van der Waals surface area contributed by atoms with Gasteiger partial charge in [0.25, 0.3) is 0 Å². The van der Waals surface area contributed by atoms with Gasteiger partial charge in [0.15, 0.2) is 0 Å². The molecule has 0 spiro atoms. The van der Waals surface area contributed by atoms with E-state index >= 15 is 0 Å². The molecule has 0 aliphatic rings. The van der Waals surface area contributed by atoms with Crippen molar-refractivity contribution in [3.63, 3.8) is 0 Å². The lowest BCUT2D eigenvalue weighted by Gasteiger charge is -2.04. The molecule has 0 aliphatic carbocycles. The molecule has 1 heterocycles. The molecule has 1 aromatic heterocycles. The maximum atomic E-state index is 3.44. The maximum absolute atomic E-state index is 3.44. The minimum atomic E-state index is 0.875. The van der Waals surface area contributed by atoms with Gasteiger partial charge in [-0.3, -0.25) is 0 Å². The molecule has 2 N–H and O–H groups in total. The first-order chi connectivity index (χ1) is 10.4. The Bertz CT molecular complexity index is 604. The summed E-state index contributed by atoms with van der Waals surface area (Å²) in [6.07, 6.45) is 0. The molecule has 3 heteroatoms. The Labute approximate surface area is 129 Å². The summed E-state index contributed by atoms with van der Waals surface area (Å²) in [4.78, 5) is 2.70. The summed E-state index contributed by atoms with van der Waals surface area (Å²) in [5, 5.41) is 6.88. The van der Waals surface area contributed by atoms with Crippen LogP contribution in [-0.4, -0.2) is 0 Å². The van der Waals surface area contributed by atoms with Gasteiger partial charge < -0.3 is 10.6 Å². The average Bonchev–Trinajstić information content (AvgIpc) is 3.01. The lowest BCUT2D eigenvalue weighted by atomic mass is 10.3. The minimum Gasteiger partial charge on any atom is -0.380 e. The summed E-state index contributed by atoms with van der Waals surface area (Å²) < 4.78 is 0. The van der Waals surface area contributed by atoms with Crippen molar-refractivity contribution in [1.29, 1.82) is 0 Å². The van der Waals surface area contributed by atoms with Gasteiger partial charge in [-0.2, -0.15) is 0 Å². The van der Waals surface area contributed by atoms with Crippen LogP contribution < -0.4 is 10.6 Å². The van der Waals surface area contributed by atoms with Crippen LogP contribution in [-0.2, 0) is 13.1 Å². The molecule has 106 valence electrons. The van der Waals surface area contributed by atoms with Crippen LogP contribution in [0.15, 0.2) is 72.8 Å². The van der Waals surface area contributed by atoms with Gasteiger partial charge in [0.1, 0.15) is 0 Å². The van der Waals surface area contributed by atoms with E-state index in [1.165, 1.54) is 9.75 Å². The van der Waals surface area contributed by atoms with Crippen molar-refractivity contribution < 1.29 is 0 Å². The van der Waals surface area contributed by atoms with E-state index in [9.17, 15) is 0 Å². The van der Waals surface area contributed by atoms with Crippen molar-refractivity contribution in [2.24, 2.45) is 0 Å². The second-order valence-corrected chi connectivity index (χ2v) is 6.06. The minimum absolute atomic E-state index is 0.875. The van der Waals surface area contributed by atoms with Crippen molar-refractivity contribution in [3.05, 3.63) is 82.6 Å². The Kier molecular flexibility index (Phi) is 4.54. The monoisotopic (exact) mass is 294 g/mol. The molecule has 0 fully saturated rings. The summed E-state index contributed by atoms with van der Waals surface area (Å²) in [5.41, 5.74) is 2.32. The second kappa shape index (κ2) is 6.95. The van der Waals surface area contributed by atoms with E-state index in [4.69, 9.17) is 0 Å². The molecule has 0 bridgehead atoms. The lowest BCUT2D eigenvalue weighted by molar-refractivity contribution is 1.19. The Hall–Kier alpha value is -2.26. The van der Waals surface area contributed by atoms with Crippen LogP contribution in [0, 0.1) is 0 Å². The molecule has 21 heavy (non-hydrogen) atoms. The van der Waals surface area contributed by atoms with E-state index in [1.54, 1.807) is 0 Å². The first kappa shape index (κ1) is 13.7. The highest BCUT2D eigenvalue weighted by Gasteiger charge is 2.00. The number of nitrogens with one attached hydrogen (secondary N) is 2. The zero-order valence-corrected chi connectivity index (χ0v) is 12.6. The normalized spacial score (nSPS) is 10.3. The van der Waals surface area contributed by atoms with E-state index in [2.05, 4.69) is 47.0 Å². The molecular formula is C18H18N2S. The fourth-order valence-electron chi connectivity index (χ4n) is 2.10. The van der Waals surface area contributed by atoms with Crippen LogP contribution in [0.2, 0.25) is 0 Å². The average molecular weight is 294 g/mol. The van der Waals surface area contributed by atoms with Crippen molar-refractivity contribution >= 4 is 22.7 Å². The van der Waals surface area contributed by atoms with Crippen molar-refractivity contribution in [3.8, 4) is 0 Å². The first-order valence-corrected chi connectivity index (χ1v) is 7.87. The van der Waals surface area contributed by atoms with Gasteiger partial charge in [0.2, 0.25) is 0 Å². The van der Waals surface area contributed by atoms with Crippen molar-refractivity contribution in [2.45, 2.75) is 13.1 Å². The third-order valence-electron chi connectivity index (χ3n) is 3.20. The van der Waals surface area contributed by atoms with Gasteiger partial charge in [-0.1, -0.05) is 36.4 Å². The molecule has 0 saturated carbocycles. The predicted molar refractivity (Wildman–Crippen MR) is 91.9 cm³/mol. The fraction of sp³-hybridized carbons (Fsp3) is 0.111. The standard InChI is InChI=1S/C18H18N2S/c1-3-7-15(8-4-1)19-13-17-11-12-18(21-17)14-20-16-9-5-2-6-10-16/h1-12,19-20H,13-14H2. The van der Waals surface area contributed by atoms with Crippen LogP contribution in [0.3, 0.4) is 0 Å². The number of thiophene rings is 1. The van der Waals surface area contributed by atoms with Crippen molar-refractivity contribution in [1.82, 2.24) is 0 Å². The molecule has 0 atom stereocenters. The van der Waals surface area contributed by atoms with E-state index < -0.39 is 0 Å². The fourth-order valence-corrected chi connectivity index (χ4v) is 3.00. The van der Waals surface area contributed by atoms with Gasteiger partial charge >= 0.3 is 0 Å². The Morgan fingerprint density at radius 3 is 1.43 bits per heavy atom. The largest absolute Gasteiger partial charge is 0.380 e. The zero-order valence-electron chi connectivity index (χ0n) is 11.8. The highest BCUT2D eigenvalue weighted by atomic mass is 32.1. The van der Waals surface area contributed by atoms with E-state index in [1.807, 2.05) is 47.7 Å². The second-order valence-electron chi connectivity index (χ2n) is 4.81. The topological polar surface area (TPSA) is 24.1 Å². The maximum Gasteiger partial charge on any atom is 0.0494 e. The van der Waals surface area contributed by atoms with Gasteiger partial charge in [0, 0.05) is 34.2 Å². The summed E-state index contributed by atoms with van der Waals surface area (Å²) >= 11 is 1.85. The third-order valence-corrected chi connectivity index (χ3v) is 4.28. The quantitative estimate of drug-likeness (QED) is 0.670. The zero-order chi connectivity index (χ0) is 14.3. The number of anilines is 2. The van der Waals surface area contributed by atoms with Crippen LogP contribution in [0.4, 0.5) is 11.4 Å². The summed E-state index contributed by atoms with van der Waals surface area (Å²) in [5.74, 6) is 0. The summed E-state index contributed by atoms with van der Waals surface area (Å²) in [6.45, 7) is 1.75. The highest BCUT2D eigenvalue weighted by molar-refractivity contribution is 7.12. The van der Waals surface area contributed by atoms with Gasteiger partial charge in [-0.05, 0) is 36.4 Å². The van der Waals surface area contributed by atoms with Crippen LogP contribution >= 0.6 is 11.3 Å². The van der Waals surface area contributed by atoms with E-state index in [-0.39, 0.29) is 0 Å². The molecule has 3 aromatic rings. The highest BCUT2D eigenvalue weighted by Crippen LogP contribution is 2.19. The molecule has 2 nitrogen and oxygen atoms in total. The summed E-state index contributed by atoms with van der Waals surface area (Å²) in [6, 6.07) is 25.0. The first-order valence-electron chi connectivity index (χ1n) is 7.05. The Morgan fingerprint density at radius 1 is 0.571 bits per heavy atom.